The van der Waals surface area contributed by atoms with Gasteiger partial charge >= 0.3 is 0 Å². The van der Waals surface area contributed by atoms with E-state index in [1.165, 1.54) is 35.6 Å². The summed E-state index contributed by atoms with van der Waals surface area (Å²) in [5.41, 5.74) is 5.78. The van der Waals surface area contributed by atoms with Crippen LogP contribution in [0.2, 0.25) is 0 Å². The first-order valence-electron chi connectivity index (χ1n) is 5.81. The van der Waals surface area contributed by atoms with Crippen molar-refractivity contribution in [1.82, 2.24) is 10.9 Å². The van der Waals surface area contributed by atoms with E-state index >= 15 is 0 Å². The summed E-state index contributed by atoms with van der Waals surface area (Å²) in [5, 5.41) is 1.92. The van der Waals surface area contributed by atoms with Gasteiger partial charge in [0.1, 0.15) is 11.6 Å². The number of nitrogens with one attached hydrogen (secondary N) is 2. The van der Waals surface area contributed by atoms with E-state index in [2.05, 4.69) is 17.4 Å². The summed E-state index contributed by atoms with van der Waals surface area (Å²) >= 11 is 1.51. The molecule has 2 rings (SSSR count). The number of ether oxygens (including phenoxy) is 1. The van der Waals surface area contributed by atoms with Crippen LogP contribution in [0.15, 0.2) is 48.4 Å². The number of amides is 1. The predicted octanol–water partition coefficient (Wildman–Crippen LogP) is 2.56. The van der Waals surface area contributed by atoms with Crippen LogP contribution in [0, 0.1) is 5.82 Å². The number of hydrazine groups is 1. The van der Waals surface area contributed by atoms with Gasteiger partial charge in [-0.3, -0.25) is 15.6 Å². The van der Waals surface area contributed by atoms with Crippen molar-refractivity contribution in [3.8, 4) is 5.75 Å². The molecule has 0 saturated carbocycles. The second-order valence-corrected chi connectivity index (χ2v) is 4.82. The molecule has 0 fully saturated rings. The van der Waals surface area contributed by atoms with Gasteiger partial charge < -0.3 is 4.74 Å². The van der Waals surface area contributed by atoms with E-state index in [-0.39, 0.29) is 18.3 Å². The van der Waals surface area contributed by atoms with Crippen LogP contribution in [0.1, 0.15) is 4.88 Å². The van der Waals surface area contributed by atoms with E-state index < -0.39 is 0 Å². The molecule has 2 N–H and O–H groups in total. The molecular formula is C14H13FN2O2S. The van der Waals surface area contributed by atoms with Gasteiger partial charge in [-0.05, 0) is 35.7 Å². The number of benzene rings is 1. The Morgan fingerprint density at radius 3 is 2.65 bits per heavy atom. The van der Waals surface area contributed by atoms with Gasteiger partial charge in [0, 0.05) is 0 Å². The lowest BCUT2D eigenvalue weighted by atomic mass is 10.3. The van der Waals surface area contributed by atoms with Crippen LogP contribution in [0.25, 0.3) is 5.70 Å². The maximum absolute atomic E-state index is 12.7. The van der Waals surface area contributed by atoms with Crippen molar-refractivity contribution >= 4 is 22.9 Å². The molecule has 0 atom stereocenters. The summed E-state index contributed by atoms with van der Waals surface area (Å²) in [6, 6.07) is 9.24. The van der Waals surface area contributed by atoms with Crippen LogP contribution in [0.3, 0.4) is 0 Å². The van der Waals surface area contributed by atoms with Crippen molar-refractivity contribution in [2.75, 3.05) is 6.61 Å². The Hall–Kier alpha value is -2.34. The fourth-order valence-corrected chi connectivity index (χ4v) is 2.03. The molecule has 1 aromatic heterocycles. The van der Waals surface area contributed by atoms with E-state index in [1.807, 2.05) is 17.5 Å². The maximum atomic E-state index is 12.7. The molecule has 2 aromatic rings. The van der Waals surface area contributed by atoms with Gasteiger partial charge in [-0.15, -0.1) is 11.3 Å². The average molecular weight is 292 g/mol. The Kier molecular flexibility index (Phi) is 4.73. The van der Waals surface area contributed by atoms with Crippen LogP contribution in [0.5, 0.6) is 5.75 Å². The summed E-state index contributed by atoms with van der Waals surface area (Å²) < 4.78 is 17.9. The van der Waals surface area contributed by atoms with Gasteiger partial charge in [0.05, 0.1) is 10.6 Å². The predicted molar refractivity (Wildman–Crippen MR) is 76.5 cm³/mol. The smallest absolute Gasteiger partial charge is 0.276 e. The van der Waals surface area contributed by atoms with Crippen LogP contribution >= 0.6 is 11.3 Å². The molecule has 0 saturated heterocycles. The maximum Gasteiger partial charge on any atom is 0.276 e. The third-order valence-electron chi connectivity index (χ3n) is 2.35. The minimum Gasteiger partial charge on any atom is -0.484 e. The lowest BCUT2D eigenvalue weighted by molar-refractivity contribution is -0.123. The minimum absolute atomic E-state index is 0.170. The summed E-state index contributed by atoms with van der Waals surface area (Å²) in [4.78, 5) is 12.5. The fourth-order valence-electron chi connectivity index (χ4n) is 1.37. The highest BCUT2D eigenvalue weighted by molar-refractivity contribution is 7.11. The molecule has 6 heteroatoms. The third kappa shape index (κ3) is 4.10. The van der Waals surface area contributed by atoms with Crippen LogP contribution in [-0.4, -0.2) is 12.5 Å². The lowest BCUT2D eigenvalue weighted by Crippen LogP contribution is -2.38. The molecule has 0 bridgehead atoms. The molecule has 0 unspecified atom stereocenters. The first-order chi connectivity index (χ1) is 9.65. The first-order valence-corrected chi connectivity index (χ1v) is 6.69. The molecule has 0 spiro atoms. The average Bonchev–Trinajstić information content (AvgIpc) is 2.98. The number of rotatable bonds is 6. The van der Waals surface area contributed by atoms with E-state index in [0.29, 0.717) is 11.4 Å². The van der Waals surface area contributed by atoms with Gasteiger partial charge in [0.25, 0.3) is 5.91 Å². The Morgan fingerprint density at radius 1 is 1.25 bits per heavy atom. The highest BCUT2D eigenvalue weighted by Gasteiger charge is 2.04. The zero-order chi connectivity index (χ0) is 14.4. The number of hydrogen-bond donors (Lipinski definition) is 2. The Labute approximate surface area is 119 Å². The molecule has 1 heterocycles. The fraction of sp³-hybridized carbons (Fsp3) is 0.0714. The number of carbonyl (C=O) groups is 1. The zero-order valence-electron chi connectivity index (χ0n) is 10.6. The minimum atomic E-state index is -0.355. The molecule has 104 valence electrons. The lowest BCUT2D eigenvalue weighted by Gasteiger charge is -2.10. The molecule has 0 aliphatic heterocycles. The molecule has 4 nitrogen and oxygen atoms in total. The van der Waals surface area contributed by atoms with Crippen molar-refractivity contribution < 1.29 is 13.9 Å². The molecule has 0 aliphatic rings. The van der Waals surface area contributed by atoms with E-state index in [4.69, 9.17) is 4.74 Å². The van der Waals surface area contributed by atoms with Crippen LogP contribution in [-0.2, 0) is 4.79 Å². The summed E-state index contributed by atoms with van der Waals surface area (Å²) in [6.07, 6.45) is 0. The van der Waals surface area contributed by atoms with Crippen LogP contribution < -0.4 is 15.6 Å². The van der Waals surface area contributed by atoms with Gasteiger partial charge in [-0.2, -0.15) is 0 Å². The van der Waals surface area contributed by atoms with Crippen molar-refractivity contribution in [2.45, 2.75) is 0 Å². The number of thiophene rings is 1. The van der Waals surface area contributed by atoms with Crippen molar-refractivity contribution in [2.24, 2.45) is 0 Å². The van der Waals surface area contributed by atoms with Crippen molar-refractivity contribution in [3.05, 3.63) is 59.1 Å². The number of hydrogen-bond acceptors (Lipinski definition) is 4. The molecule has 0 radical (unpaired) electrons. The Balaban J connectivity index is 1.73. The first kappa shape index (κ1) is 14.1. The highest BCUT2D eigenvalue weighted by Crippen LogP contribution is 2.15. The standard InChI is InChI=1S/C14H13FN2O2S/c1-10(13-3-2-8-20-13)16-17-14(18)9-19-12-6-4-11(15)5-7-12/h2-8,16H,1,9H2,(H,17,18). The SMILES string of the molecule is C=C(NNC(=O)COc1ccc(F)cc1)c1cccs1. The van der Waals surface area contributed by atoms with Crippen LogP contribution in [0.4, 0.5) is 4.39 Å². The number of carbonyl (C=O) groups excluding carboxylic acids is 1. The monoisotopic (exact) mass is 292 g/mol. The normalized spacial score (nSPS) is 9.85. The van der Waals surface area contributed by atoms with E-state index in [9.17, 15) is 9.18 Å². The highest BCUT2D eigenvalue weighted by atomic mass is 32.1. The zero-order valence-corrected chi connectivity index (χ0v) is 11.4. The largest absolute Gasteiger partial charge is 0.484 e. The number of halogens is 1. The van der Waals surface area contributed by atoms with Crippen molar-refractivity contribution in [3.63, 3.8) is 0 Å². The van der Waals surface area contributed by atoms with Gasteiger partial charge in [-0.1, -0.05) is 12.6 Å². The summed E-state index contributed by atoms with van der Waals surface area (Å²) in [6.45, 7) is 3.63. The molecular weight excluding hydrogens is 279 g/mol. The molecule has 0 aliphatic carbocycles. The van der Waals surface area contributed by atoms with Crippen molar-refractivity contribution in [1.29, 1.82) is 0 Å². The second kappa shape index (κ2) is 6.72. The molecule has 20 heavy (non-hydrogen) atoms. The van der Waals surface area contributed by atoms with Gasteiger partial charge in [0.2, 0.25) is 0 Å². The Bertz CT molecular complexity index is 582. The van der Waals surface area contributed by atoms with E-state index in [1.54, 1.807) is 0 Å². The quantitative estimate of drug-likeness (QED) is 0.805. The molecule has 1 aromatic carbocycles. The van der Waals surface area contributed by atoms with Gasteiger partial charge in [0.15, 0.2) is 6.61 Å². The summed E-state index contributed by atoms with van der Waals surface area (Å²) in [5.74, 6) is -0.277. The topological polar surface area (TPSA) is 50.4 Å². The van der Waals surface area contributed by atoms with Gasteiger partial charge in [-0.25, -0.2) is 4.39 Å². The third-order valence-corrected chi connectivity index (χ3v) is 3.28. The second-order valence-electron chi connectivity index (χ2n) is 3.87. The Morgan fingerprint density at radius 2 is 2.00 bits per heavy atom. The molecule has 1 amide bonds. The summed E-state index contributed by atoms with van der Waals surface area (Å²) in [7, 11) is 0. The van der Waals surface area contributed by atoms with E-state index in [0.717, 1.165) is 4.88 Å².